The van der Waals surface area contributed by atoms with Crippen LogP contribution in [0, 0.1) is 11.3 Å². The predicted octanol–water partition coefficient (Wildman–Crippen LogP) is 1.74. The molecule has 0 aromatic rings. The topological polar surface area (TPSA) is 23.8 Å². The Kier molecular flexibility index (Phi) is 3.15. The molecular formula is C4H5Cl2N. The van der Waals surface area contributed by atoms with Gasteiger partial charge in [-0.1, -0.05) is 0 Å². The first-order valence-electron chi connectivity index (χ1n) is 1.86. The molecule has 2 atom stereocenters. The van der Waals surface area contributed by atoms with Crippen molar-refractivity contribution < 1.29 is 0 Å². The van der Waals surface area contributed by atoms with E-state index in [0.29, 0.717) is 0 Å². The van der Waals surface area contributed by atoms with Gasteiger partial charge in [0.2, 0.25) is 0 Å². The normalized spacial score (nSPS) is 17.4. The van der Waals surface area contributed by atoms with Crippen molar-refractivity contribution in [2.75, 3.05) is 0 Å². The van der Waals surface area contributed by atoms with Crippen molar-refractivity contribution in [3.8, 4) is 6.07 Å². The molecule has 7 heavy (non-hydrogen) atoms. The molecule has 0 saturated heterocycles. The Labute approximate surface area is 52.8 Å². The van der Waals surface area contributed by atoms with Gasteiger partial charge in [0.15, 0.2) is 0 Å². The van der Waals surface area contributed by atoms with Gasteiger partial charge in [0, 0.05) is 0 Å². The van der Waals surface area contributed by atoms with Crippen LogP contribution in [-0.2, 0) is 0 Å². The Bertz CT molecular complexity index is 84.2. The third kappa shape index (κ3) is 2.73. The standard InChI is InChI=1S/C4H5Cl2N/c1-3(5)4(6)2-7/h3-4H,1H3/t3-,4+/m0/s1. The third-order valence-electron chi connectivity index (χ3n) is 0.527. The van der Waals surface area contributed by atoms with Crippen molar-refractivity contribution in [1.29, 1.82) is 5.26 Å². The van der Waals surface area contributed by atoms with Crippen molar-refractivity contribution in [1.82, 2.24) is 0 Å². The number of nitrogens with zero attached hydrogens (tertiary/aromatic N) is 1. The predicted molar refractivity (Wildman–Crippen MR) is 30.6 cm³/mol. The molecule has 0 saturated carbocycles. The lowest BCUT2D eigenvalue weighted by molar-refractivity contribution is 0.986. The van der Waals surface area contributed by atoms with Crippen LogP contribution in [-0.4, -0.2) is 10.8 Å². The summed E-state index contributed by atoms with van der Waals surface area (Å²) in [5, 5.41) is 7.23. The Morgan fingerprint density at radius 2 is 2.00 bits per heavy atom. The van der Waals surface area contributed by atoms with Crippen LogP contribution in [0.2, 0.25) is 0 Å². The van der Waals surface area contributed by atoms with Crippen molar-refractivity contribution >= 4 is 23.2 Å². The molecule has 0 unspecified atom stereocenters. The average Bonchev–Trinajstić information content (AvgIpc) is 1.65. The maximum absolute atomic E-state index is 8.04. The van der Waals surface area contributed by atoms with Crippen LogP contribution in [0.3, 0.4) is 0 Å². The lowest BCUT2D eigenvalue weighted by Gasteiger charge is -1.97. The van der Waals surface area contributed by atoms with E-state index in [2.05, 4.69) is 0 Å². The zero-order valence-electron chi connectivity index (χ0n) is 3.86. The molecule has 0 fully saturated rings. The van der Waals surface area contributed by atoms with Gasteiger partial charge >= 0.3 is 0 Å². The minimum absolute atomic E-state index is 0.258. The number of halogens is 2. The van der Waals surface area contributed by atoms with Gasteiger partial charge in [0.25, 0.3) is 0 Å². The molecule has 0 rings (SSSR count). The third-order valence-corrected chi connectivity index (χ3v) is 1.38. The smallest absolute Gasteiger partial charge is 0.136 e. The number of hydrogen-bond acceptors (Lipinski definition) is 1. The molecule has 0 amide bonds. The number of hydrogen-bond donors (Lipinski definition) is 0. The summed E-state index contributed by atoms with van der Waals surface area (Å²) in [6.07, 6.45) is 0. The largest absolute Gasteiger partial charge is 0.197 e. The molecule has 0 heterocycles. The molecule has 0 bridgehead atoms. The zero-order chi connectivity index (χ0) is 5.86. The van der Waals surface area contributed by atoms with Crippen LogP contribution >= 0.6 is 23.2 Å². The second kappa shape index (κ2) is 3.12. The molecule has 0 aliphatic carbocycles. The average molecular weight is 138 g/mol. The molecule has 0 N–H and O–H groups in total. The number of nitriles is 1. The van der Waals surface area contributed by atoms with E-state index < -0.39 is 5.38 Å². The van der Waals surface area contributed by atoms with Gasteiger partial charge < -0.3 is 0 Å². The summed E-state index contributed by atoms with van der Waals surface area (Å²) < 4.78 is 0. The fraction of sp³-hybridized carbons (Fsp3) is 0.750. The van der Waals surface area contributed by atoms with Gasteiger partial charge in [-0.3, -0.25) is 0 Å². The second-order valence-corrected chi connectivity index (χ2v) is 2.37. The van der Waals surface area contributed by atoms with Gasteiger partial charge in [-0.05, 0) is 6.92 Å². The van der Waals surface area contributed by atoms with Gasteiger partial charge in [-0.2, -0.15) is 5.26 Å². The van der Waals surface area contributed by atoms with Crippen LogP contribution in [0.15, 0.2) is 0 Å². The summed E-state index contributed by atoms with van der Waals surface area (Å²) in [6, 6.07) is 1.80. The minimum atomic E-state index is -0.554. The maximum Gasteiger partial charge on any atom is 0.136 e. The summed E-state index contributed by atoms with van der Waals surface area (Å²) in [7, 11) is 0. The zero-order valence-corrected chi connectivity index (χ0v) is 5.37. The monoisotopic (exact) mass is 137 g/mol. The van der Waals surface area contributed by atoms with Crippen LogP contribution in [0.25, 0.3) is 0 Å². The lowest BCUT2D eigenvalue weighted by Crippen LogP contribution is -2.06. The van der Waals surface area contributed by atoms with Crippen molar-refractivity contribution in [2.24, 2.45) is 0 Å². The van der Waals surface area contributed by atoms with E-state index in [0.717, 1.165) is 0 Å². The first-order valence-corrected chi connectivity index (χ1v) is 2.73. The van der Waals surface area contributed by atoms with Crippen LogP contribution in [0.1, 0.15) is 6.92 Å². The molecule has 0 spiro atoms. The van der Waals surface area contributed by atoms with Gasteiger partial charge in [-0.15, -0.1) is 23.2 Å². The van der Waals surface area contributed by atoms with Crippen LogP contribution in [0.5, 0.6) is 0 Å². The molecule has 0 aromatic carbocycles. The van der Waals surface area contributed by atoms with E-state index in [4.69, 9.17) is 28.5 Å². The van der Waals surface area contributed by atoms with E-state index >= 15 is 0 Å². The highest BCUT2D eigenvalue weighted by atomic mass is 35.5. The highest BCUT2D eigenvalue weighted by Crippen LogP contribution is 2.06. The van der Waals surface area contributed by atoms with Crippen molar-refractivity contribution in [3.05, 3.63) is 0 Å². The fourth-order valence-electron chi connectivity index (χ4n) is 0.103. The van der Waals surface area contributed by atoms with E-state index in [1.165, 1.54) is 0 Å². The molecule has 0 aromatic heterocycles. The first kappa shape index (κ1) is 7.07. The Balaban J connectivity index is 3.40. The molecule has 1 nitrogen and oxygen atoms in total. The lowest BCUT2D eigenvalue weighted by atomic mass is 10.4. The Hall–Kier alpha value is 0.0700. The first-order chi connectivity index (χ1) is 3.18. The maximum atomic E-state index is 8.04. The van der Waals surface area contributed by atoms with Gasteiger partial charge in [-0.25, -0.2) is 0 Å². The molecule has 40 valence electrons. The summed E-state index contributed by atoms with van der Waals surface area (Å²) in [5.74, 6) is 0. The summed E-state index contributed by atoms with van der Waals surface area (Å²) >= 11 is 10.7. The highest BCUT2D eigenvalue weighted by molar-refractivity contribution is 6.31. The van der Waals surface area contributed by atoms with E-state index in [1.54, 1.807) is 13.0 Å². The number of rotatable bonds is 1. The number of alkyl halides is 2. The molecular weight excluding hydrogens is 133 g/mol. The Morgan fingerprint density at radius 1 is 1.57 bits per heavy atom. The summed E-state index contributed by atoms with van der Waals surface area (Å²) in [4.78, 5) is 0. The highest BCUT2D eigenvalue weighted by Gasteiger charge is 2.07. The van der Waals surface area contributed by atoms with E-state index in [9.17, 15) is 0 Å². The van der Waals surface area contributed by atoms with Crippen molar-refractivity contribution in [3.63, 3.8) is 0 Å². The SMILES string of the molecule is C[C@H](Cl)[C@H](Cl)C#N. The van der Waals surface area contributed by atoms with Crippen LogP contribution < -0.4 is 0 Å². The quantitative estimate of drug-likeness (QED) is 0.506. The van der Waals surface area contributed by atoms with Gasteiger partial charge in [0.05, 0.1) is 11.4 Å². The minimum Gasteiger partial charge on any atom is -0.197 e. The molecule has 0 aliphatic rings. The van der Waals surface area contributed by atoms with Crippen molar-refractivity contribution in [2.45, 2.75) is 17.7 Å². The van der Waals surface area contributed by atoms with Crippen LogP contribution in [0.4, 0.5) is 0 Å². The molecule has 0 radical (unpaired) electrons. The molecule has 0 aliphatic heterocycles. The summed E-state index contributed by atoms with van der Waals surface area (Å²) in [6.45, 7) is 1.68. The fourth-order valence-corrected chi connectivity index (χ4v) is 0.159. The summed E-state index contributed by atoms with van der Waals surface area (Å²) in [5.41, 5.74) is 0. The molecule has 3 heteroatoms. The Morgan fingerprint density at radius 3 is 2.00 bits per heavy atom. The van der Waals surface area contributed by atoms with E-state index in [1.807, 2.05) is 0 Å². The second-order valence-electron chi connectivity index (χ2n) is 1.21. The van der Waals surface area contributed by atoms with E-state index in [-0.39, 0.29) is 5.38 Å². The van der Waals surface area contributed by atoms with Gasteiger partial charge in [0.1, 0.15) is 5.38 Å².